The molecule has 0 aliphatic carbocycles. The first-order valence-electron chi connectivity index (χ1n) is 5.64. The van der Waals surface area contributed by atoms with E-state index >= 15 is 0 Å². The molecule has 0 saturated carbocycles. The van der Waals surface area contributed by atoms with Crippen LogP contribution in [0.2, 0.25) is 0 Å². The van der Waals surface area contributed by atoms with E-state index in [1.165, 1.54) is 0 Å². The van der Waals surface area contributed by atoms with Gasteiger partial charge in [0.25, 0.3) is 0 Å². The lowest BCUT2D eigenvalue weighted by Gasteiger charge is -2.12. The van der Waals surface area contributed by atoms with Gasteiger partial charge in [-0.1, -0.05) is 6.92 Å². The van der Waals surface area contributed by atoms with E-state index < -0.39 is 0 Å². The number of hydrogen-bond acceptors (Lipinski definition) is 5. The first-order chi connectivity index (χ1) is 7.85. The second kappa shape index (κ2) is 13.6. The van der Waals surface area contributed by atoms with E-state index in [1.54, 1.807) is 23.0 Å². The van der Waals surface area contributed by atoms with Gasteiger partial charge in [0, 0.05) is 25.7 Å². The number of aliphatic hydroxyl groups is 1. The Hall–Kier alpha value is 0.530. The molecule has 16 heavy (non-hydrogen) atoms. The van der Waals surface area contributed by atoms with Crippen molar-refractivity contribution in [1.82, 2.24) is 5.32 Å². The van der Waals surface area contributed by atoms with Gasteiger partial charge in [0.2, 0.25) is 0 Å². The summed E-state index contributed by atoms with van der Waals surface area (Å²) in [5.41, 5.74) is 0. The normalized spacial score (nSPS) is 12.9. The minimum Gasteiger partial charge on any atom is -0.396 e. The third-order valence-corrected chi connectivity index (χ3v) is 2.43. The van der Waals surface area contributed by atoms with Crippen molar-refractivity contribution < 1.29 is 17.9 Å². The quantitative estimate of drug-likeness (QED) is 0.241. The molecule has 0 amide bonds. The number of aliphatic hydroxyl groups excluding tert-OH is 1. The van der Waals surface area contributed by atoms with Crippen molar-refractivity contribution in [2.45, 2.75) is 19.8 Å². The lowest BCUT2D eigenvalue weighted by molar-refractivity contribution is -0.181. The van der Waals surface area contributed by atoms with Crippen molar-refractivity contribution in [3.05, 3.63) is 0 Å². The fraction of sp³-hybridized carbons (Fsp3) is 1.00. The Bertz CT molecular complexity index is 140. The maximum Gasteiger partial charge on any atom is 0.155 e. The van der Waals surface area contributed by atoms with Crippen molar-refractivity contribution in [2.75, 3.05) is 39.5 Å². The van der Waals surface area contributed by atoms with Crippen LogP contribution < -0.4 is 5.32 Å². The molecule has 0 aromatic rings. The van der Waals surface area contributed by atoms with Gasteiger partial charge < -0.3 is 15.2 Å². The molecule has 6 heteroatoms. The minimum absolute atomic E-state index is 0.122. The van der Waals surface area contributed by atoms with E-state index in [4.69, 9.17) is 14.7 Å². The van der Waals surface area contributed by atoms with Crippen LogP contribution >= 0.6 is 23.0 Å². The molecule has 98 valence electrons. The van der Waals surface area contributed by atoms with Crippen LogP contribution in [0.5, 0.6) is 0 Å². The highest BCUT2D eigenvalue weighted by molar-refractivity contribution is 14.1. The molecule has 1 unspecified atom stereocenters. The second-order valence-electron chi connectivity index (χ2n) is 3.50. The Morgan fingerprint density at radius 2 is 2.19 bits per heavy atom. The molecule has 0 bridgehead atoms. The molecule has 0 aliphatic rings. The van der Waals surface area contributed by atoms with Crippen molar-refractivity contribution in [3.8, 4) is 0 Å². The van der Waals surface area contributed by atoms with Crippen molar-refractivity contribution in [2.24, 2.45) is 5.92 Å². The van der Waals surface area contributed by atoms with Gasteiger partial charge in [-0.3, -0.25) is 0 Å². The van der Waals surface area contributed by atoms with Crippen LogP contribution in [-0.2, 0) is 12.8 Å². The highest BCUT2D eigenvalue weighted by atomic mass is 127. The molecule has 2 N–H and O–H groups in total. The van der Waals surface area contributed by atoms with Gasteiger partial charge in [-0.25, -0.2) is 4.89 Å². The van der Waals surface area contributed by atoms with E-state index in [0.717, 1.165) is 39.1 Å². The smallest absolute Gasteiger partial charge is 0.155 e. The van der Waals surface area contributed by atoms with Crippen molar-refractivity contribution in [3.63, 3.8) is 0 Å². The highest BCUT2D eigenvalue weighted by Crippen LogP contribution is 2.07. The van der Waals surface area contributed by atoms with E-state index in [9.17, 15) is 0 Å². The number of halogens is 1. The molecule has 0 aromatic carbocycles. The average molecular weight is 347 g/mol. The van der Waals surface area contributed by atoms with E-state index in [2.05, 4.69) is 15.5 Å². The molecule has 0 radical (unpaired) electrons. The predicted octanol–water partition coefficient (Wildman–Crippen LogP) is 1.30. The summed E-state index contributed by atoms with van der Waals surface area (Å²) in [5, 5.41) is 12.2. The van der Waals surface area contributed by atoms with Crippen LogP contribution in [0.25, 0.3) is 0 Å². The standard InChI is InChI=1S/C10H22INO4/c1-2-12-5-7-14-6-3-4-10(8-13)9-15-16-11/h10,12-13H,2-9H2,1H3. The molecule has 5 nitrogen and oxygen atoms in total. The van der Waals surface area contributed by atoms with E-state index in [1.807, 2.05) is 0 Å². The average Bonchev–Trinajstić information content (AvgIpc) is 2.32. The topological polar surface area (TPSA) is 60.0 Å². The van der Waals surface area contributed by atoms with Crippen LogP contribution in [0, 0.1) is 5.92 Å². The molecule has 0 saturated heterocycles. The molecule has 1 atom stereocenters. The number of rotatable bonds is 12. The Morgan fingerprint density at radius 3 is 2.81 bits per heavy atom. The summed E-state index contributed by atoms with van der Waals surface area (Å²) in [6, 6.07) is 0. The zero-order chi connectivity index (χ0) is 12.1. The largest absolute Gasteiger partial charge is 0.396 e. The second-order valence-corrected chi connectivity index (χ2v) is 3.86. The monoisotopic (exact) mass is 347 g/mol. The highest BCUT2D eigenvalue weighted by Gasteiger charge is 2.07. The van der Waals surface area contributed by atoms with Crippen LogP contribution in [0.3, 0.4) is 0 Å². The zero-order valence-corrected chi connectivity index (χ0v) is 11.9. The molecule has 0 aromatic heterocycles. The number of likely N-dealkylation sites (N-methyl/N-ethyl adjacent to an activating group) is 1. The third kappa shape index (κ3) is 11.0. The summed E-state index contributed by atoms with van der Waals surface area (Å²) in [4.78, 5) is 4.77. The van der Waals surface area contributed by atoms with Crippen LogP contribution in [0.4, 0.5) is 0 Å². The number of nitrogens with one attached hydrogen (secondary N) is 1. The molecule has 0 fully saturated rings. The van der Waals surface area contributed by atoms with E-state index in [-0.39, 0.29) is 12.5 Å². The summed E-state index contributed by atoms with van der Waals surface area (Å²) >= 11 is 1.67. The summed E-state index contributed by atoms with van der Waals surface area (Å²) in [6.45, 7) is 5.96. The summed E-state index contributed by atoms with van der Waals surface area (Å²) in [5.74, 6) is 0.132. The third-order valence-electron chi connectivity index (χ3n) is 2.18. The minimum atomic E-state index is 0.122. The van der Waals surface area contributed by atoms with Gasteiger partial charge >= 0.3 is 0 Å². The Balaban J connectivity index is 3.20. The Labute approximate surface area is 111 Å². The Kier molecular flexibility index (Phi) is 14.0. The number of hydrogen-bond donors (Lipinski definition) is 2. The Morgan fingerprint density at radius 1 is 1.38 bits per heavy atom. The molecule has 0 rings (SSSR count). The van der Waals surface area contributed by atoms with Gasteiger partial charge in [-0.05, 0) is 19.4 Å². The lowest BCUT2D eigenvalue weighted by atomic mass is 10.1. The molecular formula is C10H22INO4. The fourth-order valence-corrected chi connectivity index (χ4v) is 1.39. The molecule has 0 heterocycles. The first-order valence-corrected chi connectivity index (χ1v) is 6.52. The SMILES string of the molecule is CCNCCOCCCC(CO)COOI. The maximum atomic E-state index is 9.04. The maximum absolute atomic E-state index is 9.04. The van der Waals surface area contributed by atoms with Gasteiger partial charge in [0.1, 0.15) is 0 Å². The van der Waals surface area contributed by atoms with Crippen LogP contribution in [-0.4, -0.2) is 44.6 Å². The van der Waals surface area contributed by atoms with Gasteiger partial charge in [0.05, 0.1) is 13.2 Å². The van der Waals surface area contributed by atoms with Gasteiger partial charge in [0.15, 0.2) is 23.0 Å². The van der Waals surface area contributed by atoms with Gasteiger partial charge in [-0.15, -0.1) is 0 Å². The fourth-order valence-electron chi connectivity index (χ4n) is 1.25. The lowest BCUT2D eigenvalue weighted by Crippen LogP contribution is -2.19. The summed E-state index contributed by atoms with van der Waals surface area (Å²) in [7, 11) is 0. The zero-order valence-electron chi connectivity index (χ0n) is 9.78. The predicted molar refractivity (Wildman–Crippen MR) is 70.2 cm³/mol. The van der Waals surface area contributed by atoms with Gasteiger partial charge in [-0.2, -0.15) is 3.22 Å². The number of ether oxygens (including phenoxy) is 1. The molecular weight excluding hydrogens is 325 g/mol. The summed E-state index contributed by atoms with van der Waals surface area (Å²) < 4.78 is 9.88. The van der Waals surface area contributed by atoms with E-state index in [0.29, 0.717) is 6.61 Å². The first kappa shape index (κ1) is 16.5. The van der Waals surface area contributed by atoms with Crippen molar-refractivity contribution in [1.29, 1.82) is 0 Å². The molecule has 0 spiro atoms. The van der Waals surface area contributed by atoms with Crippen LogP contribution in [0.1, 0.15) is 19.8 Å². The molecule has 0 aliphatic heterocycles. The van der Waals surface area contributed by atoms with Crippen molar-refractivity contribution >= 4 is 23.0 Å². The summed E-state index contributed by atoms with van der Waals surface area (Å²) in [6.07, 6.45) is 1.82. The van der Waals surface area contributed by atoms with Crippen LogP contribution in [0.15, 0.2) is 0 Å².